The first-order chi connectivity index (χ1) is 11.3. The van der Waals surface area contributed by atoms with E-state index in [1.807, 2.05) is 19.1 Å². The van der Waals surface area contributed by atoms with Crippen molar-refractivity contribution in [1.82, 2.24) is 10.2 Å². The van der Waals surface area contributed by atoms with E-state index in [2.05, 4.69) is 5.32 Å². The van der Waals surface area contributed by atoms with Gasteiger partial charge in [0.1, 0.15) is 18.3 Å². The predicted octanol–water partition coefficient (Wildman–Crippen LogP) is 1.91. The lowest BCUT2D eigenvalue weighted by Gasteiger charge is -2.18. The molecule has 5 nitrogen and oxygen atoms in total. The molecule has 132 valence electrons. The predicted molar refractivity (Wildman–Crippen MR) is 80.5 cm³/mol. The molecule has 8 heteroatoms. The summed E-state index contributed by atoms with van der Waals surface area (Å²) in [4.78, 5) is 24.3. The van der Waals surface area contributed by atoms with Gasteiger partial charge < -0.3 is 15.0 Å². The molecule has 0 radical (unpaired) electrons. The highest BCUT2D eigenvalue weighted by Crippen LogP contribution is 2.21. The van der Waals surface area contributed by atoms with Crippen LogP contribution in [-0.2, 0) is 16.0 Å². The van der Waals surface area contributed by atoms with E-state index in [0.717, 1.165) is 12.0 Å². The van der Waals surface area contributed by atoms with Crippen molar-refractivity contribution >= 4 is 11.8 Å². The Kier molecular flexibility index (Phi) is 5.69. The van der Waals surface area contributed by atoms with Gasteiger partial charge in [-0.2, -0.15) is 13.2 Å². The maximum atomic E-state index is 12.3. The summed E-state index contributed by atoms with van der Waals surface area (Å²) in [7, 11) is 0. The van der Waals surface area contributed by atoms with Gasteiger partial charge in [-0.25, -0.2) is 0 Å². The van der Waals surface area contributed by atoms with Crippen molar-refractivity contribution in [2.45, 2.75) is 32.0 Å². The maximum absolute atomic E-state index is 12.3. The van der Waals surface area contributed by atoms with Crippen LogP contribution < -0.4 is 10.1 Å². The summed E-state index contributed by atoms with van der Waals surface area (Å²) in [5, 5.41) is 2.41. The standard InChI is InChI=1S/C16H19F3N2O3/c1-2-11-3-5-12(6-4-11)24-9-14(22)20-13-7-8-21(15(13)23)10-16(17,18)19/h3-6,13H,2,7-10H2,1H3,(H,20,22)/t13-/m1/s1. The molecule has 1 aliphatic rings. The number of amides is 2. The van der Waals surface area contributed by atoms with Gasteiger partial charge in [-0.1, -0.05) is 19.1 Å². The summed E-state index contributed by atoms with van der Waals surface area (Å²) in [5.74, 6) is -0.742. The third kappa shape index (κ3) is 5.14. The molecule has 0 saturated carbocycles. The molecule has 1 saturated heterocycles. The van der Waals surface area contributed by atoms with Gasteiger partial charge >= 0.3 is 6.18 Å². The molecule has 1 atom stereocenters. The summed E-state index contributed by atoms with van der Waals surface area (Å²) in [5.41, 5.74) is 1.13. The fourth-order valence-corrected chi connectivity index (χ4v) is 2.45. The van der Waals surface area contributed by atoms with Gasteiger partial charge in [-0.3, -0.25) is 9.59 Å². The van der Waals surface area contributed by atoms with Crippen LogP contribution >= 0.6 is 0 Å². The van der Waals surface area contributed by atoms with Crippen LogP contribution in [0.15, 0.2) is 24.3 Å². The van der Waals surface area contributed by atoms with Crippen LogP contribution in [0.1, 0.15) is 18.9 Å². The van der Waals surface area contributed by atoms with E-state index in [1.54, 1.807) is 12.1 Å². The summed E-state index contributed by atoms with van der Waals surface area (Å²) in [6.07, 6.45) is -3.40. The average molecular weight is 344 g/mol. The second kappa shape index (κ2) is 7.55. The number of hydrogen-bond acceptors (Lipinski definition) is 3. The number of alkyl halides is 3. The summed E-state index contributed by atoms with van der Waals surface area (Å²) >= 11 is 0. The normalized spacial score (nSPS) is 17.9. The largest absolute Gasteiger partial charge is 0.484 e. The van der Waals surface area contributed by atoms with Crippen LogP contribution in [0.2, 0.25) is 0 Å². The Morgan fingerprint density at radius 2 is 2.00 bits per heavy atom. The first-order valence-corrected chi connectivity index (χ1v) is 7.65. The molecular weight excluding hydrogens is 325 g/mol. The Balaban J connectivity index is 1.79. The number of nitrogens with zero attached hydrogens (tertiary/aromatic N) is 1. The van der Waals surface area contributed by atoms with Gasteiger partial charge in [0.2, 0.25) is 5.91 Å². The lowest BCUT2D eigenvalue weighted by molar-refractivity contribution is -0.158. The van der Waals surface area contributed by atoms with Crippen molar-refractivity contribution < 1.29 is 27.5 Å². The summed E-state index contributed by atoms with van der Waals surface area (Å²) in [6.45, 7) is 0.402. The lowest BCUT2D eigenvalue weighted by Crippen LogP contribution is -2.45. The number of halogens is 3. The van der Waals surface area contributed by atoms with Crippen molar-refractivity contribution in [3.8, 4) is 5.75 Å². The SMILES string of the molecule is CCc1ccc(OCC(=O)N[C@@H]2CCN(CC(F)(F)F)C2=O)cc1. The van der Waals surface area contributed by atoms with Crippen molar-refractivity contribution in [2.24, 2.45) is 0 Å². The van der Waals surface area contributed by atoms with E-state index in [-0.39, 0.29) is 19.6 Å². The van der Waals surface area contributed by atoms with E-state index in [9.17, 15) is 22.8 Å². The van der Waals surface area contributed by atoms with Crippen molar-refractivity contribution in [3.05, 3.63) is 29.8 Å². The fourth-order valence-electron chi connectivity index (χ4n) is 2.45. The smallest absolute Gasteiger partial charge is 0.406 e. The minimum Gasteiger partial charge on any atom is -0.484 e. The number of ether oxygens (including phenoxy) is 1. The Morgan fingerprint density at radius 1 is 1.33 bits per heavy atom. The Labute approximate surface area is 137 Å². The number of hydrogen-bond donors (Lipinski definition) is 1. The molecule has 24 heavy (non-hydrogen) atoms. The van der Waals surface area contributed by atoms with Crippen LogP contribution in [0.5, 0.6) is 5.75 Å². The number of benzene rings is 1. The molecule has 0 bridgehead atoms. The number of likely N-dealkylation sites (tertiary alicyclic amines) is 1. The van der Waals surface area contributed by atoms with Crippen LogP contribution in [0, 0.1) is 0 Å². The molecule has 1 N–H and O–H groups in total. The average Bonchev–Trinajstić information content (AvgIpc) is 2.85. The lowest BCUT2D eigenvalue weighted by atomic mass is 10.2. The van der Waals surface area contributed by atoms with E-state index in [0.29, 0.717) is 10.6 Å². The van der Waals surface area contributed by atoms with Crippen LogP contribution in [0.25, 0.3) is 0 Å². The number of aryl methyl sites for hydroxylation is 1. The summed E-state index contributed by atoms with van der Waals surface area (Å²) in [6, 6.07) is 6.30. The first kappa shape index (κ1) is 18.1. The third-order valence-electron chi connectivity index (χ3n) is 3.70. The zero-order valence-corrected chi connectivity index (χ0v) is 13.2. The molecule has 0 unspecified atom stereocenters. The monoisotopic (exact) mass is 344 g/mol. The number of rotatable bonds is 6. The van der Waals surface area contributed by atoms with Gasteiger partial charge in [-0.15, -0.1) is 0 Å². The molecule has 0 aromatic heterocycles. The molecule has 1 aromatic rings. The van der Waals surface area contributed by atoms with E-state index < -0.39 is 30.6 Å². The highest BCUT2D eigenvalue weighted by atomic mass is 19.4. The zero-order chi connectivity index (χ0) is 17.7. The van der Waals surface area contributed by atoms with Crippen molar-refractivity contribution in [1.29, 1.82) is 0 Å². The van der Waals surface area contributed by atoms with Gasteiger partial charge in [0.25, 0.3) is 5.91 Å². The highest BCUT2D eigenvalue weighted by molar-refractivity contribution is 5.89. The highest BCUT2D eigenvalue weighted by Gasteiger charge is 2.39. The number of carbonyl (C=O) groups excluding carboxylic acids is 2. The number of nitrogens with one attached hydrogen (secondary N) is 1. The van der Waals surface area contributed by atoms with Gasteiger partial charge in [0, 0.05) is 6.54 Å². The van der Waals surface area contributed by atoms with Gasteiger partial charge in [0.05, 0.1) is 0 Å². The van der Waals surface area contributed by atoms with Crippen molar-refractivity contribution in [2.75, 3.05) is 19.7 Å². The van der Waals surface area contributed by atoms with E-state index >= 15 is 0 Å². The maximum Gasteiger partial charge on any atom is 0.406 e. The molecule has 0 aliphatic carbocycles. The summed E-state index contributed by atoms with van der Waals surface area (Å²) < 4.78 is 42.3. The molecule has 1 fully saturated rings. The Morgan fingerprint density at radius 3 is 2.58 bits per heavy atom. The van der Waals surface area contributed by atoms with Crippen LogP contribution in [0.3, 0.4) is 0 Å². The van der Waals surface area contributed by atoms with E-state index in [4.69, 9.17) is 4.74 Å². The second-order valence-electron chi connectivity index (χ2n) is 5.57. The molecule has 2 amide bonds. The molecule has 1 aromatic carbocycles. The Hall–Kier alpha value is -2.25. The van der Waals surface area contributed by atoms with Crippen LogP contribution in [0.4, 0.5) is 13.2 Å². The molecular formula is C16H19F3N2O3. The fraction of sp³-hybridized carbons (Fsp3) is 0.500. The molecule has 1 heterocycles. The topological polar surface area (TPSA) is 58.6 Å². The molecule has 1 aliphatic heterocycles. The molecule has 0 spiro atoms. The van der Waals surface area contributed by atoms with Gasteiger partial charge in [0.15, 0.2) is 6.61 Å². The first-order valence-electron chi connectivity index (χ1n) is 7.65. The van der Waals surface area contributed by atoms with Crippen LogP contribution in [-0.4, -0.2) is 48.6 Å². The minimum absolute atomic E-state index is 0.0252. The quantitative estimate of drug-likeness (QED) is 0.858. The zero-order valence-electron chi connectivity index (χ0n) is 13.2. The van der Waals surface area contributed by atoms with E-state index in [1.165, 1.54) is 0 Å². The van der Waals surface area contributed by atoms with Crippen molar-refractivity contribution in [3.63, 3.8) is 0 Å². The molecule has 2 rings (SSSR count). The number of carbonyl (C=O) groups is 2. The Bertz CT molecular complexity index is 587. The van der Waals surface area contributed by atoms with Gasteiger partial charge in [-0.05, 0) is 30.5 Å². The third-order valence-corrected chi connectivity index (χ3v) is 3.70. The minimum atomic E-state index is -4.44. The second-order valence-corrected chi connectivity index (χ2v) is 5.57.